The highest BCUT2D eigenvalue weighted by Crippen LogP contribution is 2.13. The molecular formula is C17H31N3O. The molecule has 0 aliphatic carbocycles. The van der Waals surface area contributed by atoms with Gasteiger partial charge in [-0.2, -0.15) is 0 Å². The molecule has 21 heavy (non-hydrogen) atoms. The van der Waals surface area contributed by atoms with Crippen LogP contribution in [0.3, 0.4) is 0 Å². The van der Waals surface area contributed by atoms with Gasteiger partial charge in [0.2, 0.25) is 5.91 Å². The minimum absolute atomic E-state index is 0.334. The van der Waals surface area contributed by atoms with E-state index in [1.807, 2.05) is 4.90 Å². The molecule has 2 rings (SSSR count). The summed E-state index contributed by atoms with van der Waals surface area (Å²) in [6, 6.07) is 1.02. The van der Waals surface area contributed by atoms with Gasteiger partial charge in [0.25, 0.3) is 0 Å². The Kier molecular flexibility index (Phi) is 6.24. The second-order valence-corrected chi connectivity index (χ2v) is 6.87. The lowest BCUT2D eigenvalue weighted by molar-refractivity contribution is -0.128. The van der Waals surface area contributed by atoms with Crippen molar-refractivity contribution in [2.75, 3.05) is 32.7 Å². The molecule has 2 saturated heterocycles. The van der Waals surface area contributed by atoms with Gasteiger partial charge in [-0.05, 0) is 53.1 Å². The SMILES string of the molecule is CC(C)=CCN1CCC(NC(C)CN2CCCC2=O)CC1. The smallest absolute Gasteiger partial charge is 0.222 e. The van der Waals surface area contributed by atoms with Gasteiger partial charge in [-0.1, -0.05) is 11.6 Å². The minimum Gasteiger partial charge on any atom is -0.341 e. The van der Waals surface area contributed by atoms with Crippen molar-refractivity contribution in [1.82, 2.24) is 15.1 Å². The van der Waals surface area contributed by atoms with E-state index in [1.54, 1.807) is 0 Å². The maximum Gasteiger partial charge on any atom is 0.222 e. The standard InChI is InChI=1S/C17H31N3O/c1-14(2)6-10-19-11-7-16(8-12-19)18-15(3)13-20-9-4-5-17(20)21/h6,15-16,18H,4-5,7-13H2,1-3H3. The topological polar surface area (TPSA) is 35.6 Å². The number of rotatable bonds is 6. The molecule has 1 amide bonds. The van der Waals surface area contributed by atoms with E-state index in [0.29, 0.717) is 18.0 Å². The molecule has 0 bridgehead atoms. The number of nitrogens with one attached hydrogen (secondary N) is 1. The van der Waals surface area contributed by atoms with Gasteiger partial charge < -0.3 is 10.2 Å². The molecule has 1 N–H and O–H groups in total. The highest BCUT2D eigenvalue weighted by atomic mass is 16.2. The zero-order valence-electron chi connectivity index (χ0n) is 13.9. The van der Waals surface area contributed by atoms with Crippen LogP contribution in [0.2, 0.25) is 0 Å². The van der Waals surface area contributed by atoms with Crippen molar-refractivity contribution in [3.05, 3.63) is 11.6 Å². The lowest BCUT2D eigenvalue weighted by Gasteiger charge is -2.34. The fourth-order valence-electron chi connectivity index (χ4n) is 3.28. The number of piperidine rings is 1. The molecule has 0 aromatic heterocycles. The summed E-state index contributed by atoms with van der Waals surface area (Å²) in [7, 11) is 0. The Labute approximate surface area is 129 Å². The van der Waals surface area contributed by atoms with E-state index in [-0.39, 0.29) is 0 Å². The van der Waals surface area contributed by atoms with Crippen molar-refractivity contribution < 1.29 is 4.79 Å². The second kappa shape index (κ2) is 7.95. The summed E-state index contributed by atoms with van der Waals surface area (Å²) in [5.41, 5.74) is 1.40. The van der Waals surface area contributed by atoms with Gasteiger partial charge >= 0.3 is 0 Å². The molecule has 2 fully saturated rings. The van der Waals surface area contributed by atoms with Gasteiger partial charge in [-0.15, -0.1) is 0 Å². The number of amides is 1. The lowest BCUT2D eigenvalue weighted by atomic mass is 10.0. The Bertz CT molecular complexity index is 368. The van der Waals surface area contributed by atoms with Crippen molar-refractivity contribution in [1.29, 1.82) is 0 Å². The molecule has 2 heterocycles. The maximum absolute atomic E-state index is 11.7. The fourth-order valence-corrected chi connectivity index (χ4v) is 3.28. The van der Waals surface area contributed by atoms with Crippen LogP contribution in [0.5, 0.6) is 0 Å². The molecule has 0 saturated carbocycles. The number of carbonyl (C=O) groups excluding carboxylic acids is 1. The van der Waals surface area contributed by atoms with Crippen LogP contribution < -0.4 is 5.32 Å². The summed E-state index contributed by atoms with van der Waals surface area (Å²) in [5, 5.41) is 3.72. The third-order valence-electron chi connectivity index (χ3n) is 4.53. The predicted octanol–water partition coefficient (Wildman–Crippen LogP) is 2.02. The van der Waals surface area contributed by atoms with Crippen LogP contribution in [-0.2, 0) is 4.79 Å². The van der Waals surface area contributed by atoms with Gasteiger partial charge in [0.05, 0.1) is 0 Å². The summed E-state index contributed by atoms with van der Waals surface area (Å²) >= 11 is 0. The number of nitrogens with zero attached hydrogens (tertiary/aromatic N) is 2. The molecule has 0 spiro atoms. The highest BCUT2D eigenvalue weighted by molar-refractivity contribution is 5.78. The van der Waals surface area contributed by atoms with E-state index >= 15 is 0 Å². The first-order valence-corrected chi connectivity index (χ1v) is 8.44. The summed E-state index contributed by atoms with van der Waals surface area (Å²) in [5.74, 6) is 0.334. The first kappa shape index (κ1) is 16.5. The van der Waals surface area contributed by atoms with Crippen molar-refractivity contribution in [2.24, 2.45) is 0 Å². The Balaban J connectivity index is 1.66. The molecular weight excluding hydrogens is 262 g/mol. The quantitative estimate of drug-likeness (QED) is 0.761. The monoisotopic (exact) mass is 293 g/mol. The number of carbonyl (C=O) groups is 1. The molecule has 4 nitrogen and oxygen atoms in total. The molecule has 0 radical (unpaired) electrons. The fraction of sp³-hybridized carbons (Fsp3) is 0.824. The highest BCUT2D eigenvalue weighted by Gasteiger charge is 2.24. The maximum atomic E-state index is 11.7. The molecule has 120 valence electrons. The lowest BCUT2D eigenvalue weighted by Crippen LogP contribution is -2.48. The van der Waals surface area contributed by atoms with Gasteiger partial charge in [0.15, 0.2) is 0 Å². The average molecular weight is 293 g/mol. The molecule has 1 atom stereocenters. The van der Waals surface area contributed by atoms with E-state index in [9.17, 15) is 4.79 Å². The zero-order chi connectivity index (χ0) is 15.2. The molecule has 0 aromatic carbocycles. The molecule has 2 aliphatic rings. The Morgan fingerprint density at radius 2 is 2.05 bits per heavy atom. The van der Waals surface area contributed by atoms with Crippen LogP contribution in [0.4, 0.5) is 0 Å². The summed E-state index contributed by atoms with van der Waals surface area (Å²) in [4.78, 5) is 16.2. The minimum atomic E-state index is 0.334. The van der Waals surface area contributed by atoms with E-state index in [1.165, 1.54) is 31.5 Å². The molecule has 4 heteroatoms. The average Bonchev–Trinajstić information content (AvgIpc) is 2.83. The molecule has 1 unspecified atom stereocenters. The van der Waals surface area contributed by atoms with E-state index < -0.39 is 0 Å². The Morgan fingerprint density at radius 3 is 2.62 bits per heavy atom. The molecule has 0 aromatic rings. The van der Waals surface area contributed by atoms with Crippen LogP contribution >= 0.6 is 0 Å². The van der Waals surface area contributed by atoms with Crippen molar-refractivity contribution in [3.8, 4) is 0 Å². The van der Waals surface area contributed by atoms with Crippen LogP contribution in [0.25, 0.3) is 0 Å². The number of hydrogen-bond donors (Lipinski definition) is 1. The normalized spacial score (nSPS) is 22.6. The predicted molar refractivity (Wildman–Crippen MR) is 87.3 cm³/mol. The van der Waals surface area contributed by atoms with E-state index in [2.05, 4.69) is 37.1 Å². The largest absolute Gasteiger partial charge is 0.341 e. The molecule has 2 aliphatic heterocycles. The Hall–Kier alpha value is -0.870. The van der Waals surface area contributed by atoms with Crippen LogP contribution in [0, 0.1) is 0 Å². The van der Waals surface area contributed by atoms with Gasteiger partial charge in [0, 0.05) is 38.1 Å². The van der Waals surface area contributed by atoms with Crippen molar-refractivity contribution in [3.63, 3.8) is 0 Å². The number of hydrogen-bond acceptors (Lipinski definition) is 3. The third kappa shape index (κ3) is 5.44. The third-order valence-corrected chi connectivity index (χ3v) is 4.53. The van der Waals surface area contributed by atoms with Crippen LogP contribution in [0.15, 0.2) is 11.6 Å². The van der Waals surface area contributed by atoms with E-state index in [0.717, 1.165) is 32.5 Å². The summed E-state index contributed by atoms with van der Waals surface area (Å²) in [6.07, 6.45) is 6.53. The Morgan fingerprint density at radius 1 is 1.33 bits per heavy atom. The van der Waals surface area contributed by atoms with Crippen molar-refractivity contribution in [2.45, 2.75) is 58.5 Å². The van der Waals surface area contributed by atoms with Crippen LogP contribution in [0.1, 0.15) is 46.5 Å². The van der Waals surface area contributed by atoms with Gasteiger partial charge in [-0.3, -0.25) is 9.69 Å². The van der Waals surface area contributed by atoms with Crippen LogP contribution in [-0.4, -0.2) is 60.5 Å². The number of allylic oxidation sites excluding steroid dienone is 1. The number of likely N-dealkylation sites (tertiary alicyclic amines) is 2. The summed E-state index contributed by atoms with van der Waals surface area (Å²) < 4.78 is 0. The summed E-state index contributed by atoms with van der Waals surface area (Å²) in [6.45, 7) is 11.8. The second-order valence-electron chi connectivity index (χ2n) is 6.87. The zero-order valence-corrected chi connectivity index (χ0v) is 13.9. The first-order valence-electron chi connectivity index (χ1n) is 8.44. The first-order chi connectivity index (χ1) is 10.0. The van der Waals surface area contributed by atoms with Crippen molar-refractivity contribution >= 4 is 5.91 Å². The van der Waals surface area contributed by atoms with E-state index in [4.69, 9.17) is 0 Å². The van der Waals surface area contributed by atoms with Gasteiger partial charge in [-0.25, -0.2) is 0 Å². The van der Waals surface area contributed by atoms with Gasteiger partial charge in [0.1, 0.15) is 0 Å².